The van der Waals surface area contributed by atoms with Crippen LogP contribution in [-0.2, 0) is 0 Å². The first kappa shape index (κ1) is 16.3. The molecular formula is C21H18N2. The van der Waals surface area contributed by atoms with Crippen LogP contribution in [-0.4, -0.2) is 0 Å². The van der Waals surface area contributed by atoms with Gasteiger partial charge in [-0.3, -0.25) is 0 Å². The van der Waals surface area contributed by atoms with Gasteiger partial charge in [0.2, 0.25) is 0 Å². The van der Waals surface area contributed by atoms with E-state index in [9.17, 15) is 0 Å². The predicted molar refractivity (Wildman–Crippen MR) is 94.2 cm³/mol. The highest BCUT2D eigenvalue weighted by Crippen LogP contribution is 2.25. The van der Waals surface area contributed by atoms with Gasteiger partial charge in [0.1, 0.15) is 0 Å². The second kappa shape index (κ2) is 7.78. The zero-order valence-corrected chi connectivity index (χ0v) is 13.4. The maximum atomic E-state index is 9.07. The average molecular weight is 298 g/mol. The molecule has 0 unspecified atom stereocenters. The summed E-state index contributed by atoms with van der Waals surface area (Å²) < 4.78 is 0. The molecule has 23 heavy (non-hydrogen) atoms. The maximum Gasteiger partial charge on any atom is 0.0991 e. The Hall–Kier alpha value is -3.10. The van der Waals surface area contributed by atoms with Crippen molar-refractivity contribution >= 4 is 11.1 Å². The van der Waals surface area contributed by atoms with Crippen LogP contribution in [0.3, 0.4) is 0 Å². The molecule has 0 radical (unpaired) electrons. The zero-order valence-electron chi connectivity index (χ0n) is 13.4. The Balaban J connectivity index is 2.46. The van der Waals surface area contributed by atoms with Crippen LogP contribution in [0.1, 0.15) is 42.5 Å². The minimum absolute atomic E-state index is 0.653. The second-order valence-electron chi connectivity index (χ2n) is 5.15. The van der Waals surface area contributed by atoms with E-state index in [1.165, 1.54) is 0 Å². The molecule has 0 aliphatic carbocycles. The Morgan fingerprint density at radius 2 is 1.52 bits per heavy atom. The van der Waals surface area contributed by atoms with Crippen LogP contribution >= 0.6 is 0 Å². The van der Waals surface area contributed by atoms with Crippen molar-refractivity contribution in [2.75, 3.05) is 0 Å². The van der Waals surface area contributed by atoms with Crippen LogP contribution in [0, 0.1) is 22.7 Å². The number of benzene rings is 2. The summed E-state index contributed by atoms with van der Waals surface area (Å²) in [5, 5.41) is 18.1. The third-order valence-corrected chi connectivity index (χ3v) is 3.71. The van der Waals surface area contributed by atoms with E-state index in [0.29, 0.717) is 11.1 Å². The monoisotopic (exact) mass is 298 g/mol. The Bertz CT molecular complexity index is 843. The Morgan fingerprint density at radius 1 is 0.957 bits per heavy atom. The molecule has 0 aromatic heterocycles. The van der Waals surface area contributed by atoms with Gasteiger partial charge in [-0.1, -0.05) is 43.3 Å². The molecule has 0 fully saturated rings. The lowest BCUT2D eigenvalue weighted by molar-refractivity contribution is 1.24. The van der Waals surface area contributed by atoms with E-state index < -0.39 is 0 Å². The van der Waals surface area contributed by atoms with Gasteiger partial charge < -0.3 is 0 Å². The van der Waals surface area contributed by atoms with Gasteiger partial charge in [-0.15, -0.1) is 0 Å². The molecule has 0 amide bonds. The fraction of sp³-hybridized carbons (Fsp3) is 0.143. The van der Waals surface area contributed by atoms with Gasteiger partial charge in [0.05, 0.1) is 23.3 Å². The molecule has 0 heterocycles. The van der Waals surface area contributed by atoms with Crippen molar-refractivity contribution < 1.29 is 0 Å². The highest BCUT2D eigenvalue weighted by Gasteiger charge is 2.05. The molecule has 112 valence electrons. The molecule has 0 saturated carbocycles. The zero-order chi connectivity index (χ0) is 16.7. The molecule has 2 aromatic carbocycles. The van der Waals surface area contributed by atoms with Gasteiger partial charge in [0, 0.05) is 0 Å². The Labute approximate surface area is 137 Å². The normalized spacial score (nSPS) is 11.7. The van der Waals surface area contributed by atoms with Crippen molar-refractivity contribution in [1.82, 2.24) is 0 Å². The van der Waals surface area contributed by atoms with Crippen LogP contribution in [0.15, 0.2) is 60.7 Å². The second-order valence-corrected chi connectivity index (χ2v) is 5.15. The molecule has 2 heteroatoms. The molecule has 0 saturated heterocycles. The van der Waals surface area contributed by atoms with Crippen LogP contribution in [0.2, 0.25) is 0 Å². The fourth-order valence-corrected chi connectivity index (χ4v) is 2.47. The van der Waals surface area contributed by atoms with E-state index in [1.54, 1.807) is 6.07 Å². The SMILES string of the molecule is C/C=C(\C=C(/CC)c1cccc(C#N)c1)c1cccc(C#N)c1. The summed E-state index contributed by atoms with van der Waals surface area (Å²) in [6.45, 7) is 4.09. The van der Waals surface area contributed by atoms with E-state index in [4.69, 9.17) is 10.5 Å². The molecule has 2 rings (SSSR count). The summed E-state index contributed by atoms with van der Waals surface area (Å²) in [7, 11) is 0. The summed E-state index contributed by atoms with van der Waals surface area (Å²) >= 11 is 0. The topological polar surface area (TPSA) is 47.6 Å². The molecular weight excluding hydrogens is 280 g/mol. The van der Waals surface area contributed by atoms with Gasteiger partial charge in [-0.25, -0.2) is 0 Å². The lowest BCUT2D eigenvalue weighted by atomic mass is 9.95. The first-order chi connectivity index (χ1) is 11.2. The van der Waals surface area contributed by atoms with Crippen molar-refractivity contribution in [2.45, 2.75) is 20.3 Å². The first-order valence-electron chi connectivity index (χ1n) is 7.59. The van der Waals surface area contributed by atoms with Gasteiger partial charge in [0.25, 0.3) is 0 Å². The smallest absolute Gasteiger partial charge is 0.0991 e. The summed E-state index contributed by atoms with van der Waals surface area (Å²) in [6.07, 6.45) is 5.04. The van der Waals surface area contributed by atoms with E-state index in [1.807, 2.05) is 55.5 Å². The Kier molecular flexibility index (Phi) is 5.50. The van der Waals surface area contributed by atoms with Crippen molar-refractivity contribution in [3.63, 3.8) is 0 Å². The number of rotatable bonds is 4. The minimum Gasteiger partial charge on any atom is -0.192 e. The predicted octanol–water partition coefficient (Wildman–Crippen LogP) is 5.33. The molecule has 0 spiro atoms. The maximum absolute atomic E-state index is 9.07. The van der Waals surface area contributed by atoms with E-state index in [-0.39, 0.29) is 0 Å². The van der Waals surface area contributed by atoms with E-state index in [2.05, 4.69) is 25.1 Å². The standard InChI is InChI=1S/C21H18N2/c1-3-18(20-9-5-7-16(11-20)14-22)13-19(4-2)21-10-6-8-17(12-21)15-23/h3,5-13H,4H2,1-2H3/b18-3+,19-13+. The van der Waals surface area contributed by atoms with Gasteiger partial charge >= 0.3 is 0 Å². The number of hydrogen-bond acceptors (Lipinski definition) is 2. The summed E-state index contributed by atoms with van der Waals surface area (Å²) in [6, 6.07) is 19.6. The van der Waals surface area contributed by atoms with Crippen LogP contribution in [0.4, 0.5) is 0 Å². The third kappa shape index (κ3) is 3.96. The molecule has 0 atom stereocenters. The van der Waals surface area contributed by atoms with Crippen molar-refractivity contribution in [3.8, 4) is 12.1 Å². The highest BCUT2D eigenvalue weighted by molar-refractivity contribution is 5.84. The minimum atomic E-state index is 0.653. The largest absolute Gasteiger partial charge is 0.192 e. The van der Waals surface area contributed by atoms with E-state index >= 15 is 0 Å². The van der Waals surface area contributed by atoms with Crippen molar-refractivity contribution in [3.05, 3.63) is 82.9 Å². The number of hydrogen-bond donors (Lipinski definition) is 0. The molecule has 0 N–H and O–H groups in total. The Morgan fingerprint density at radius 3 is 2.04 bits per heavy atom. The lowest BCUT2D eigenvalue weighted by Gasteiger charge is -2.09. The third-order valence-electron chi connectivity index (χ3n) is 3.71. The number of allylic oxidation sites excluding steroid dienone is 4. The summed E-state index contributed by atoms with van der Waals surface area (Å²) in [5.74, 6) is 0. The highest BCUT2D eigenvalue weighted by atomic mass is 14.2. The molecule has 0 bridgehead atoms. The summed E-state index contributed by atoms with van der Waals surface area (Å²) in [4.78, 5) is 0. The van der Waals surface area contributed by atoms with Crippen LogP contribution < -0.4 is 0 Å². The quantitative estimate of drug-likeness (QED) is 0.716. The van der Waals surface area contributed by atoms with Gasteiger partial charge in [-0.05, 0) is 59.9 Å². The first-order valence-corrected chi connectivity index (χ1v) is 7.59. The average Bonchev–Trinajstić information content (AvgIpc) is 2.62. The van der Waals surface area contributed by atoms with Gasteiger partial charge in [0.15, 0.2) is 0 Å². The summed E-state index contributed by atoms with van der Waals surface area (Å²) in [5.41, 5.74) is 5.63. The molecule has 2 nitrogen and oxygen atoms in total. The fourth-order valence-electron chi connectivity index (χ4n) is 2.47. The molecule has 0 aliphatic rings. The van der Waals surface area contributed by atoms with Crippen molar-refractivity contribution in [1.29, 1.82) is 10.5 Å². The molecule has 0 aliphatic heterocycles. The van der Waals surface area contributed by atoms with Crippen molar-refractivity contribution in [2.24, 2.45) is 0 Å². The lowest BCUT2D eigenvalue weighted by Crippen LogP contribution is -1.88. The van der Waals surface area contributed by atoms with Gasteiger partial charge in [-0.2, -0.15) is 10.5 Å². The van der Waals surface area contributed by atoms with E-state index in [0.717, 1.165) is 28.7 Å². The number of nitriles is 2. The molecule has 2 aromatic rings. The van der Waals surface area contributed by atoms with Crippen LogP contribution in [0.25, 0.3) is 11.1 Å². The number of nitrogens with zero attached hydrogens (tertiary/aromatic N) is 2. The van der Waals surface area contributed by atoms with Crippen LogP contribution in [0.5, 0.6) is 0 Å².